The van der Waals surface area contributed by atoms with Crippen LogP contribution in [0.1, 0.15) is 12.8 Å². The summed E-state index contributed by atoms with van der Waals surface area (Å²) in [5.74, 6) is 1.01. The minimum atomic E-state index is -0.442. The summed E-state index contributed by atoms with van der Waals surface area (Å²) in [7, 11) is 2.05. The van der Waals surface area contributed by atoms with Crippen LogP contribution in [0.3, 0.4) is 0 Å². The molecule has 27 heavy (non-hydrogen) atoms. The Hall–Kier alpha value is -2.25. The lowest BCUT2D eigenvalue weighted by atomic mass is 10.1. The van der Waals surface area contributed by atoms with Crippen molar-refractivity contribution in [1.82, 2.24) is 14.5 Å². The van der Waals surface area contributed by atoms with Gasteiger partial charge in [-0.1, -0.05) is 0 Å². The second kappa shape index (κ2) is 8.19. The van der Waals surface area contributed by atoms with E-state index < -0.39 is 6.67 Å². The van der Waals surface area contributed by atoms with Crippen molar-refractivity contribution in [3.63, 3.8) is 0 Å². The lowest BCUT2D eigenvalue weighted by Gasteiger charge is -2.32. The Labute approximate surface area is 157 Å². The smallest absolute Gasteiger partial charge is 0.143 e. The Morgan fingerprint density at radius 1 is 1.11 bits per heavy atom. The third-order valence-electron chi connectivity index (χ3n) is 5.20. The molecule has 0 radical (unpaired) electrons. The van der Waals surface area contributed by atoms with E-state index in [4.69, 9.17) is 14.5 Å². The van der Waals surface area contributed by atoms with Crippen LogP contribution < -0.4 is 4.90 Å². The van der Waals surface area contributed by atoms with E-state index in [9.17, 15) is 4.39 Å². The molecule has 0 unspecified atom stereocenters. The summed E-state index contributed by atoms with van der Waals surface area (Å²) in [6.45, 7) is 2.53. The van der Waals surface area contributed by atoms with Crippen LogP contribution in [-0.2, 0) is 16.5 Å². The van der Waals surface area contributed by atoms with Crippen LogP contribution in [-0.4, -0.2) is 60.2 Å². The molecule has 4 heterocycles. The number of ether oxygens (including phenoxy) is 2. The van der Waals surface area contributed by atoms with E-state index in [0.717, 1.165) is 53.7 Å². The van der Waals surface area contributed by atoms with Gasteiger partial charge in [0, 0.05) is 43.3 Å². The zero-order valence-corrected chi connectivity index (χ0v) is 15.6. The van der Waals surface area contributed by atoms with Gasteiger partial charge in [-0.15, -0.1) is 0 Å². The number of alkyl halides is 1. The molecule has 0 bridgehead atoms. The third kappa shape index (κ3) is 3.75. The molecule has 0 atom stereocenters. The van der Waals surface area contributed by atoms with E-state index >= 15 is 0 Å². The summed E-state index contributed by atoms with van der Waals surface area (Å²) in [4.78, 5) is 11.5. The average molecular weight is 371 g/mol. The van der Waals surface area contributed by atoms with Gasteiger partial charge in [0.1, 0.15) is 18.1 Å². The van der Waals surface area contributed by atoms with Gasteiger partial charge in [-0.05, 0) is 31.0 Å². The van der Waals surface area contributed by atoms with Crippen LogP contribution in [0, 0.1) is 0 Å². The normalized spacial score (nSPS) is 15.9. The molecule has 0 N–H and O–H groups in total. The number of hydrogen-bond acceptors (Lipinski definition) is 5. The van der Waals surface area contributed by atoms with Crippen LogP contribution in [0.25, 0.3) is 21.9 Å². The highest BCUT2D eigenvalue weighted by Crippen LogP contribution is 2.29. The predicted octanol–water partition coefficient (Wildman–Crippen LogP) is 3.09. The molecule has 6 nitrogen and oxygen atoms in total. The summed E-state index contributed by atoms with van der Waals surface area (Å²) < 4.78 is 25.1. The van der Waals surface area contributed by atoms with Crippen LogP contribution in [0.5, 0.6) is 0 Å². The van der Waals surface area contributed by atoms with E-state index in [-0.39, 0.29) is 12.7 Å². The number of aryl methyl sites for hydroxylation is 1. The first-order valence-corrected chi connectivity index (χ1v) is 9.47. The second-order valence-corrected chi connectivity index (χ2v) is 6.85. The maximum Gasteiger partial charge on any atom is 0.143 e. The van der Waals surface area contributed by atoms with Gasteiger partial charge in [-0.25, -0.2) is 9.37 Å². The molecule has 0 amide bonds. The molecular weight excluding hydrogens is 346 g/mol. The van der Waals surface area contributed by atoms with Crippen molar-refractivity contribution < 1.29 is 13.9 Å². The molecule has 7 heteroatoms. The Morgan fingerprint density at radius 2 is 1.96 bits per heavy atom. The molecule has 0 aromatic carbocycles. The Kier molecular flexibility index (Phi) is 5.50. The minimum absolute atomic E-state index is 0.153. The highest BCUT2D eigenvalue weighted by atomic mass is 18.2. The number of piperidine rings is 1. The fraction of sp³-hybridized carbons (Fsp3) is 0.500. The minimum Gasteiger partial charge on any atom is -0.376 e. The van der Waals surface area contributed by atoms with Crippen molar-refractivity contribution in [1.29, 1.82) is 0 Å². The van der Waals surface area contributed by atoms with Gasteiger partial charge in [-0.3, -0.25) is 4.98 Å². The first kappa shape index (κ1) is 18.1. The number of halogens is 1. The maximum atomic E-state index is 12.0. The number of rotatable bonds is 7. The number of nitrogens with zero attached hydrogens (tertiary/aromatic N) is 4. The first-order chi connectivity index (χ1) is 13.3. The molecule has 1 fully saturated rings. The molecule has 4 rings (SSSR count). The molecule has 0 spiro atoms. The number of fused-ring (bicyclic) bond motifs is 3. The van der Waals surface area contributed by atoms with Crippen molar-refractivity contribution in [2.24, 2.45) is 7.05 Å². The van der Waals surface area contributed by atoms with Gasteiger partial charge in [-0.2, -0.15) is 0 Å². The fourth-order valence-corrected chi connectivity index (χ4v) is 3.76. The van der Waals surface area contributed by atoms with E-state index in [1.165, 1.54) is 0 Å². The van der Waals surface area contributed by atoms with Crippen LogP contribution in [0.15, 0.2) is 30.6 Å². The van der Waals surface area contributed by atoms with Crippen molar-refractivity contribution in [3.05, 3.63) is 30.6 Å². The van der Waals surface area contributed by atoms with Gasteiger partial charge in [0.25, 0.3) is 0 Å². The SMILES string of the molecule is Cn1c2ccncc2c2ccc(N3CCC(OCCOCC[18F])CC3)nc21. The molecule has 3 aromatic heterocycles. The maximum absolute atomic E-state index is 12.0. The highest BCUT2D eigenvalue weighted by Gasteiger charge is 2.21. The van der Waals surface area contributed by atoms with E-state index in [0.29, 0.717) is 13.2 Å². The average Bonchev–Trinajstić information content (AvgIpc) is 3.00. The van der Waals surface area contributed by atoms with Crippen molar-refractivity contribution >= 4 is 27.8 Å². The molecule has 1 saturated heterocycles. The van der Waals surface area contributed by atoms with Gasteiger partial charge < -0.3 is 18.9 Å². The van der Waals surface area contributed by atoms with Gasteiger partial charge in [0.05, 0.1) is 31.4 Å². The summed E-state index contributed by atoms with van der Waals surface area (Å²) in [6, 6.07) is 6.27. The van der Waals surface area contributed by atoms with Crippen LogP contribution in [0.4, 0.5) is 10.2 Å². The van der Waals surface area contributed by atoms with Crippen LogP contribution in [0.2, 0.25) is 0 Å². The molecular formula is C20H25FN4O2. The zero-order valence-electron chi connectivity index (χ0n) is 15.6. The first-order valence-electron chi connectivity index (χ1n) is 9.47. The summed E-state index contributed by atoms with van der Waals surface area (Å²) in [5.41, 5.74) is 2.13. The fourth-order valence-electron chi connectivity index (χ4n) is 3.76. The number of anilines is 1. The third-order valence-corrected chi connectivity index (χ3v) is 5.20. The molecule has 1 aliphatic rings. The Bertz CT molecular complexity index is 906. The lowest BCUT2D eigenvalue weighted by Crippen LogP contribution is -2.37. The van der Waals surface area contributed by atoms with Crippen LogP contribution >= 0.6 is 0 Å². The standard InChI is InChI=1S/C20H25FN4O2/c1-24-18-4-8-22-14-17(18)16-2-3-19(23-20(16)24)25-9-5-15(6-10-25)27-13-12-26-11-7-21/h2-4,8,14-15H,5-7,9-13H2,1H3/i21-1. The molecule has 0 saturated carbocycles. The summed E-state index contributed by atoms with van der Waals surface area (Å²) in [5, 5.41) is 2.27. The monoisotopic (exact) mass is 371 g/mol. The van der Waals surface area contributed by atoms with E-state index in [1.807, 2.05) is 25.5 Å². The van der Waals surface area contributed by atoms with Gasteiger partial charge in [0.15, 0.2) is 0 Å². The van der Waals surface area contributed by atoms with Gasteiger partial charge in [0.2, 0.25) is 0 Å². The summed E-state index contributed by atoms with van der Waals surface area (Å²) >= 11 is 0. The topological polar surface area (TPSA) is 52.4 Å². The number of pyridine rings is 2. The zero-order chi connectivity index (χ0) is 18.6. The predicted molar refractivity (Wildman–Crippen MR) is 104 cm³/mol. The van der Waals surface area contributed by atoms with E-state index in [2.05, 4.69) is 26.6 Å². The summed E-state index contributed by atoms with van der Waals surface area (Å²) in [6.07, 6.45) is 5.88. The van der Waals surface area contributed by atoms with E-state index in [1.54, 1.807) is 0 Å². The lowest BCUT2D eigenvalue weighted by molar-refractivity contribution is -0.00667. The van der Waals surface area contributed by atoms with Crippen molar-refractivity contribution in [2.75, 3.05) is 44.5 Å². The second-order valence-electron chi connectivity index (χ2n) is 6.85. The largest absolute Gasteiger partial charge is 0.376 e. The van der Waals surface area contributed by atoms with Gasteiger partial charge >= 0.3 is 0 Å². The number of hydrogen-bond donors (Lipinski definition) is 0. The molecule has 1 aliphatic heterocycles. The van der Waals surface area contributed by atoms with Crippen molar-refractivity contribution in [3.8, 4) is 0 Å². The molecule has 0 aliphatic carbocycles. The quantitative estimate of drug-likeness (QED) is 0.598. The molecule has 144 valence electrons. The van der Waals surface area contributed by atoms with Crippen molar-refractivity contribution in [2.45, 2.75) is 18.9 Å². The molecule has 3 aromatic rings. The highest BCUT2D eigenvalue weighted by molar-refractivity contribution is 6.06. The Morgan fingerprint density at radius 3 is 2.78 bits per heavy atom. The number of aromatic nitrogens is 3. The Balaban J connectivity index is 1.40.